The van der Waals surface area contributed by atoms with Crippen molar-refractivity contribution in [3.63, 3.8) is 0 Å². The summed E-state index contributed by atoms with van der Waals surface area (Å²) in [5, 5.41) is 11.4. The van der Waals surface area contributed by atoms with E-state index in [0.29, 0.717) is 0 Å². The number of ether oxygens (including phenoxy) is 1. The number of nitrogens with one attached hydrogen (secondary N) is 1. The zero-order valence-corrected chi connectivity index (χ0v) is 9.77. The van der Waals surface area contributed by atoms with Crippen molar-refractivity contribution < 1.29 is 19.4 Å². The molecule has 0 rings (SSSR count). The molecule has 94 valence electrons. The van der Waals surface area contributed by atoms with Crippen LogP contribution in [-0.4, -0.2) is 61.4 Å². The Hall–Kier alpha value is -1.18. The highest BCUT2D eigenvalue weighted by molar-refractivity contribution is 5.96. The minimum atomic E-state index is -0.886. The number of urea groups is 1. The molecule has 0 fully saturated rings. The molecule has 0 heterocycles. The second kappa shape index (κ2) is 7.15. The fourth-order valence-corrected chi connectivity index (χ4v) is 1.16. The van der Waals surface area contributed by atoms with Gasteiger partial charge in [0.25, 0.3) is 0 Å². The van der Waals surface area contributed by atoms with Gasteiger partial charge >= 0.3 is 6.03 Å². The number of carbonyl (C=O) groups excluding carboxylic acids is 2. The molecular formula is C9H19N3O4. The van der Waals surface area contributed by atoms with Gasteiger partial charge in [-0.3, -0.25) is 15.0 Å². The van der Waals surface area contributed by atoms with E-state index in [-0.39, 0.29) is 13.2 Å². The molecule has 0 aromatic rings. The van der Waals surface area contributed by atoms with E-state index in [0.717, 1.165) is 0 Å². The zero-order chi connectivity index (χ0) is 12.7. The number of carbonyl (C=O) groups is 2. The Morgan fingerprint density at radius 3 is 2.56 bits per heavy atom. The lowest BCUT2D eigenvalue weighted by atomic mass is 10.2. The summed E-state index contributed by atoms with van der Waals surface area (Å²) in [5.74, 6) is -0.500. The molecule has 0 aliphatic rings. The first-order valence-electron chi connectivity index (χ1n) is 4.86. The van der Waals surface area contributed by atoms with Crippen molar-refractivity contribution in [2.45, 2.75) is 19.1 Å². The van der Waals surface area contributed by atoms with Crippen LogP contribution in [0.3, 0.4) is 0 Å². The van der Waals surface area contributed by atoms with Gasteiger partial charge in [-0.2, -0.15) is 0 Å². The lowest BCUT2D eigenvalue weighted by molar-refractivity contribution is -0.124. The van der Waals surface area contributed by atoms with Gasteiger partial charge in [0, 0.05) is 13.7 Å². The first-order chi connectivity index (χ1) is 7.38. The van der Waals surface area contributed by atoms with E-state index < -0.39 is 24.1 Å². The minimum absolute atomic E-state index is 0.189. The fraction of sp³-hybridized carbons (Fsp3) is 0.778. The number of hydrogen-bond acceptors (Lipinski definition) is 5. The van der Waals surface area contributed by atoms with E-state index in [1.54, 1.807) is 18.9 Å². The average molecular weight is 233 g/mol. The van der Waals surface area contributed by atoms with Crippen LogP contribution >= 0.6 is 0 Å². The second-order valence-electron chi connectivity index (χ2n) is 3.58. The number of nitrogens with zero attached hydrogens (tertiary/aromatic N) is 1. The molecule has 0 spiro atoms. The first kappa shape index (κ1) is 14.8. The topological polar surface area (TPSA) is 105 Å². The lowest BCUT2D eigenvalue weighted by Crippen LogP contribution is -2.49. The van der Waals surface area contributed by atoms with Crippen molar-refractivity contribution in [1.82, 2.24) is 10.2 Å². The van der Waals surface area contributed by atoms with Crippen LogP contribution in [0.25, 0.3) is 0 Å². The Morgan fingerprint density at radius 2 is 2.12 bits per heavy atom. The SMILES string of the molecule is COCC(O)CN(C)C(C)C(=O)NC(N)=O. The van der Waals surface area contributed by atoms with Gasteiger partial charge in [0.15, 0.2) is 0 Å². The van der Waals surface area contributed by atoms with Gasteiger partial charge in [-0.25, -0.2) is 4.79 Å². The van der Waals surface area contributed by atoms with E-state index >= 15 is 0 Å². The molecule has 2 atom stereocenters. The molecule has 0 radical (unpaired) electrons. The highest BCUT2D eigenvalue weighted by Gasteiger charge is 2.20. The Labute approximate surface area is 94.5 Å². The zero-order valence-electron chi connectivity index (χ0n) is 9.77. The maximum atomic E-state index is 11.4. The molecule has 0 saturated carbocycles. The van der Waals surface area contributed by atoms with Crippen molar-refractivity contribution >= 4 is 11.9 Å². The third-order valence-corrected chi connectivity index (χ3v) is 2.14. The summed E-state index contributed by atoms with van der Waals surface area (Å²) >= 11 is 0. The molecule has 7 heteroatoms. The van der Waals surface area contributed by atoms with E-state index in [4.69, 9.17) is 10.5 Å². The molecule has 0 saturated heterocycles. The number of aliphatic hydroxyl groups is 1. The van der Waals surface area contributed by atoms with Crippen LogP contribution in [0, 0.1) is 0 Å². The summed E-state index contributed by atoms with van der Waals surface area (Å²) < 4.78 is 4.76. The molecule has 0 aliphatic heterocycles. The summed E-state index contributed by atoms with van der Waals surface area (Å²) in [7, 11) is 3.14. The summed E-state index contributed by atoms with van der Waals surface area (Å²) in [6.07, 6.45) is -0.682. The van der Waals surface area contributed by atoms with Crippen molar-refractivity contribution in [3.05, 3.63) is 0 Å². The van der Waals surface area contributed by atoms with Crippen LogP contribution in [-0.2, 0) is 9.53 Å². The average Bonchev–Trinajstić information content (AvgIpc) is 2.15. The molecule has 0 aliphatic carbocycles. The van der Waals surface area contributed by atoms with Gasteiger partial charge in [-0.05, 0) is 14.0 Å². The highest BCUT2D eigenvalue weighted by Crippen LogP contribution is 1.98. The maximum Gasteiger partial charge on any atom is 0.318 e. The number of rotatable bonds is 6. The van der Waals surface area contributed by atoms with Crippen molar-refractivity contribution in [2.24, 2.45) is 5.73 Å². The van der Waals surface area contributed by atoms with Crippen molar-refractivity contribution in [2.75, 3.05) is 27.3 Å². The smallest absolute Gasteiger partial charge is 0.318 e. The molecule has 0 aromatic carbocycles. The van der Waals surface area contributed by atoms with Crippen LogP contribution in [0.4, 0.5) is 4.79 Å². The Bertz CT molecular complexity index is 247. The number of methoxy groups -OCH3 is 1. The summed E-state index contributed by atoms with van der Waals surface area (Å²) in [6.45, 7) is 2.06. The van der Waals surface area contributed by atoms with Crippen molar-refractivity contribution in [1.29, 1.82) is 0 Å². The highest BCUT2D eigenvalue weighted by atomic mass is 16.5. The van der Waals surface area contributed by atoms with Crippen LogP contribution in [0.15, 0.2) is 0 Å². The van der Waals surface area contributed by atoms with Crippen molar-refractivity contribution in [3.8, 4) is 0 Å². The number of nitrogens with two attached hydrogens (primary N) is 1. The predicted molar refractivity (Wildman–Crippen MR) is 57.7 cm³/mol. The van der Waals surface area contributed by atoms with Crippen LogP contribution in [0.5, 0.6) is 0 Å². The Balaban J connectivity index is 4.11. The third-order valence-electron chi connectivity index (χ3n) is 2.14. The standard InChI is InChI=1S/C9H19N3O4/c1-6(8(14)11-9(10)15)12(2)4-7(13)5-16-3/h6-7,13H,4-5H2,1-3H3,(H3,10,11,14,15). The summed E-state index contributed by atoms with van der Waals surface area (Å²) in [4.78, 5) is 23.4. The number of imide groups is 1. The van der Waals surface area contributed by atoms with E-state index in [1.807, 2.05) is 5.32 Å². The van der Waals surface area contributed by atoms with Crippen LogP contribution < -0.4 is 11.1 Å². The third kappa shape index (κ3) is 5.64. The fourth-order valence-electron chi connectivity index (χ4n) is 1.16. The first-order valence-corrected chi connectivity index (χ1v) is 4.86. The lowest BCUT2D eigenvalue weighted by Gasteiger charge is -2.25. The molecule has 7 nitrogen and oxygen atoms in total. The summed E-state index contributed by atoms with van der Waals surface area (Å²) in [5.41, 5.74) is 4.82. The van der Waals surface area contributed by atoms with Crippen LogP contribution in [0.2, 0.25) is 0 Å². The normalized spacial score (nSPS) is 14.6. The van der Waals surface area contributed by atoms with Gasteiger partial charge in [0.2, 0.25) is 5.91 Å². The molecule has 2 unspecified atom stereocenters. The molecule has 4 N–H and O–H groups in total. The number of aliphatic hydroxyl groups excluding tert-OH is 1. The summed E-state index contributed by atoms with van der Waals surface area (Å²) in [6, 6.07) is -1.44. The quantitative estimate of drug-likeness (QED) is 0.518. The van der Waals surface area contributed by atoms with E-state index in [2.05, 4.69) is 0 Å². The monoisotopic (exact) mass is 233 g/mol. The Morgan fingerprint density at radius 1 is 1.56 bits per heavy atom. The molecule has 16 heavy (non-hydrogen) atoms. The number of amides is 3. The molecule has 0 aromatic heterocycles. The number of likely N-dealkylation sites (N-methyl/N-ethyl adjacent to an activating group) is 1. The van der Waals surface area contributed by atoms with Gasteiger partial charge in [0.05, 0.1) is 18.8 Å². The molecule has 0 bridgehead atoms. The van der Waals surface area contributed by atoms with E-state index in [1.165, 1.54) is 7.11 Å². The molecular weight excluding hydrogens is 214 g/mol. The van der Waals surface area contributed by atoms with Gasteiger partial charge in [0.1, 0.15) is 0 Å². The van der Waals surface area contributed by atoms with Gasteiger partial charge in [-0.1, -0.05) is 0 Å². The number of primary amides is 1. The molecule has 3 amide bonds. The van der Waals surface area contributed by atoms with E-state index in [9.17, 15) is 14.7 Å². The number of hydrogen-bond donors (Lipinski definition) is 3. The second-order valence-corrected chi connectivity index (χ2v) is 3.58. The van der Waals surface area contributed by atoms with Gasteiger partial charge < -0.3 is 15.6 Å². The largest absolute Gasteiger partial charge is 0.389 e. The Kier molecular flexibility index (Phi) is 6.63. The minimum Gasteiger partial charge on any atom is -0.389 e. The maximum absolute atomic E-state index is 11.4. The van der Waals surface area contributed by atoms with Crippen LogP contribution in [0.1, 0.15) is 6.92 Å². The van der Waals surface area contributed by atoms with Gasteiger partial charge in [-0.15, -0.1) is 0 Å². The predicted octanol–water partition coefficient (Wildman–Crippen LogP) is -1.49.